The molecule has 9 rings (SSSR count). The van der Waals surface area contributed by atoms with E-state index in [9.17, 15) is 48.3 Å². The molecule has 7 amide bonds. The van der Waals surface area contributed by atoms with Crippen molar-refractivity contribution in [2.45, 2.75) is 122 Å². The summed E-state index contributed by atoms with van der Waals surface area (Å²) < 4.78 is 41.1. The van der Waals surface area contributed by atoms with Crippen molar-refractivity contribution in [1.82, 2.24) is 31.9 Å². The van der Waals surface area contributed by atoms with Crippen LogP contribution >= 0.6 is 0 Å². The number of hydrogen-bond donors (Lipinski definition) is 7. The van der Waals surface area contributed by atoms with Gasteiger partial charge >= 0.3 is 0 Å². The highest BCUT2D eigenvalue weighted by atomic mass is 16.7. The third kappa shape index (κ3) is 18.1. The first-order chi connectivity index (χ1) is 45.9. The monoisotopic (exact) mass is 1310 g/mol. The van der Waals surface area contributed by atoms with E-state index in [4.69, 9.17) is 33.2 Å². The Balaban J connectivity index is 0.591. The number of benzene rings is 3. The van der Waals surface area contributed by atoms with Crippen LogP contribution in [-0.2, 0) is 89.3 Å². The molecule has 0 aromatic heterocycles. The van der Waals surface area contributed by atoms with Gasteiger partial charge in [0.05, 0.1) is 96.9 Å². The van der Waals surface area contributed by atoms with Gasteiger partial charge in [0, 0.05) is 60.1 Å². The van der Waals surface area contributed by atoms with Crippen LogP contribution in [-0.4, -0.2) is 181 Å². The summed E-state index contributed by atoms with van der Waals surface area (Å²) in [4.78, 5) is 119. The number of nitrogens with zero attached hydrogens (tertiary/aromatic N) is 1. The maximum Gasteiger partial charge on any atom is 0.243 e. The van der Waals surface area contributed by atoms with E-state index in [1.54, 1.807) is 47.4 Å². The maximum absolute atomic E-state index is 14.6. The minimum Gasteiger partial charge on any atom is -0.393 e. The first kappa shape index (κ1) is 71.3. The van der Waals surface area contributed by atoms with Gasteiger partial charge < -0.3 is 75.1 Å². The molecule has 3 saturated carbocycles. The number of fused-ring (bicyclic) bond motifs is 9. The minimum absolute atomic E-state index is 0.0218. The number of ketones is 2. The van der Waals surface area contributed by atoms with Crippen molar-refractivity contribution in [2.75, 3.05) is 97.3 Å². The first-order valence-electron chi connectivity index (χ1n) is 33.0. The van der Waals surface area contributed by atoms with Crippen molar-refractivity contribution in [2.24, 2.45) is 28.6 Å². The number of carbonyl (C=O) groups is 9. The summed E-state index contributed by atoms with van der Waals surface area (Å²) in [7, 11) is 0. The average Bonchev–Trinajstić information content (AvgIpc) is 1.53. The summed E-state index contributed by atoms with van der Waals surface area (Å²) in [5.74, 6) is 2.31. The van der Waals surface area contributed by atoms with E-state index < -0.39 is 96.7 Å². The van der Waals surface area contributed by atoms with Crippen molar-refractivity contribution in [1.29, 1.82) is 0 Å². The third-order valence-electron chi connectivity index (χ3n) is 19.0. The second-order valence-corrected chi connectivity index (χ2v) is 25.2. The standard InChI is InChI=1S/C71H89N7O17/c1-4-12-66-94-59-39-54-53-22-21-51-38-52(79)25-27-69(51,2)67(53)57(80)40-70(54,3)71(59,95-66)58(81)45-93-46-76-63(85)42-75-68(88)55(37-47-13-6-5-7-14-47)77-64(86)43-74-62(84)41-73-61(83)26-29-89-31-33-91-35-36-92-34-32-90-30-28-72-60(82)23-24-65(87)78-44-50-17-9-8-15-48(50)19-20-49-16-10-11-18-56(49)78/h5-11,13-18,25,27,38,53-55,57,59,66-67,80H,4,12,21-24,26,28-37,39-46H2,1-3H3,(H,72,82)(H,73,83)(H,74,84)(H,75,88)(H,76,85)(H,77,86)/t53-,54?,55-,57-,59+,66?,67?,69-,70-,71+/m0/s1. The number of amides is 7. The summed E-state index contributed by atoms with van der Waals surface area (Å²) in [5.41, 5.74) is 2.32. The molecule has 4 aliphatic carbocycles. The van der Waals surface area contributed by atoms with Crippen LogP contribution in [0.15, 0.2) is 103 Å². The Bertz CT molecular complexity index is 3370. The molecule has 510 valence electrons. The van der Waals surface area contributed by atoms with Crippen LogP contribution in [0.2, 0.25) is 0 Å². The van der Waals surface area contributed by atoms with Gasteiger partial charge in [-0.3, -0.25) is 43.2 Å². The Labute approximate surface area is 554 Å². The fraction of sp³-hybridized carbons (Fsp3) is 0.535. The Hall–Kier alpha value is -7.99. The Morgan fingerprint density at radius 1 is 0.705 bits per heavy atom. The third-order valence-corrected chi connectivity index (χ3v) is 19.0. The lowest BCUT2D eigenvalue weighted by Gasteiger charge is -2.59. The van der Waals surface area contributed by atoms with E-state index in [0.717, 1.165) is 40.8 Å². The zero-order valence-electron chi connectivity index (χ0n) is 54.4. The number of rotatable bonds is 35. The lowest BCUT2D eigenvalue weighted by molar-refractivity contribution is -0.201. The maximum atomic E-state index is 14.6. The molecule has 3 aromatic carbocycles. The van der Waals surface area contributed by atoms with Crippen LogP contribution < -0.4 is 36.8 Å². The van der Waals surface area contributed by atoms with Crippen molar-refractivity contribution in [3.05, 3.63) is 125 Å². The van der Waals surface area contributed by atoms with Gasteiger partial charge in [0.25, 0.3) is 0 Å². The Morgan fingerprint density at radius 3 is 2.11 bits per heavy atom. The number of para-hydroxylation sites is 1. The Kier molecular flexibility index (Phi) is 25.6. The summed E-state index contributed by atoms with van der Waals surface area (Å²) in [6, 6.07) is 22.9. The summed E-state index contributed by atoms with van der Waals surface area (Å²) in [6.07, 6.45) is 7.04. The Morgan fingerprint density at radius 2 is 1.35 bits per heavy atom. The highest BCUT2D eigenvalue weighted by Crippen LogP contribution is 2.69. The molecule has 0 spiro atoms. The van der Waals surface area contributed by atoms with Gasteiger partial charge in [-0.2, -0.15) is 0 Å². The topological polar surface area (TPSA) is 314 Å². The molecule has 24 nitrogen and oxygen atoms in total. The highest BCUT2D eigenvalue weighted by molar-refractivity contribution is 6.01. The number of aliphatic hydroxyl groups excluding tert-OH is 1. The first-order valence-corrected chi connectivity index (χ1v) is 33.0. The van der Waals surface area contributed by atoms with Gasteiger partial charge in [0.15, 0.2) is 23.5 Å². The normalized spacial score (nSPS) is 24.6. The zero-order valence-corrected chi connectivity index (χ0v) is 54.4. The van der Waals surface area contributed by atoms with Crippen molar-refractivity contribution < 1.29 is 81.4 Å². The average molecular weight is 1310 g/mol. The van der Waals surface area contributed by atoms with E-state index in [2.05, 4.69) is 50.7 Å². The van der Waals surface area contributed by atoms with E-state index >= 15 is 0 Å². The van der Waals surface area contributed by atoms with Gasteiger partial charge in [-0.05, 0) is 85.4 Å². The number of anilines is 1. The molecule has 3 aromatic rings. The van der Waals surface area contributed by atoms with E-state index in [1.807, 2.05) is 68.5 Å². The van der Waals surface area contributed by atoms with Gasteiger partial charge in [-0.25, -0.2) is 0 Å². The largest absolute Gasteiger partial charge is 0.393 e. The van der Waals surface area contributed by atoms with Crippen LogP contribution in [0.5, 0.6) is 0 Å². The molecule has 3 unspecified atom stereocenters. The van der Waals surface area contributed by atoms with Crippen LogP contribution in [0.4, 0.5) is 5.69 Å². The summed E-state index contributed by atoms with van der Waals surface area (Å²) in [6.45, 7) is 6.60. The molecule has 2 aliphatic heterocycles. The molecule has 1 saturated heterocycles. The number of ether oxygens (including phenoxy) is 7. The molecular weight excluding hydrogens is 1220 g/mol. The molecular formula is C71H89N7O17. The van der Waals surface area contributed by atoms with Gasteiger partial charge in [-0.15, -0.1) is 0 Å². The second-order valence-electron chi connectivity index (χ2n) is 25.2. The van der Waals surface area contributed by atoms with Crippen molar-refractivity contribution in [3.8, 4) is 11.8 Å². The molecule has 4 fully saturated rings. The van der Waals surface area contributed by atoms with Crippen LogP contribution in [0.3, 0.4) is 0 Å². The fourth-order valence-electron chi connectivity index (χ4n) is 14.4. The van der Waals surface area contributed by atoms with Crippen LogP contribution in [0.25, 0.3) is 0 Å². The fourth-order valence-corrected chi connectivity index (χ4v) is 14.4. The number of allylic oxidation sites excluding steroid dienone is 4. The number of Topliss-reactive ketones (excluding diaryl/α,β-unsaturated/α-hetero) is 1. The molecule has 0 radical (unpaired) electrons. The molecule has 2 heterocycles. The SMILES string of the molecule is CCCC1O[C@@H]2CC3[C@@H]4CCC5=CC(=O)C=C[C@]5(C)C4[C@@H](O)C[C@]3(C)[C@]2(C(=O)COCNC(=O)CNC(=O)[C@H](Cc2ccccc2)NC(=O)CNC(=O)CNC(=O)CCOCCOCCOCCOCCNC(=O)CCC(=O)N2Cc3ccccc3C#Cc3ccccc32)O1. The highest BCUT2D eigenvalue weighted by Gasteiger charge is 2.75. The molecule has 6 aliphatic rings. The van der Waals surface area contributed by atoms with Gasteiger partial charge in [0.2, 0.25) is 41.4 Å². The summed E-state index contributed by atoms with van der Waals surface area (Å²) >= 11 is 0. The lowest BCUT2D eigenvalue weighted by Crippen LogP contribution is -2.63. The predicted octanol–water partition coefficient (Wildman–Crippen LogP) is 3.19. The van der Waals surface area contributed by atoms with E-state index in [-0.39, 0.29) is 113 Å². The lowest BCUT2D eigenvalue weighted by atomic mass is 9.46. The smallest absolute Gasteiger partial charge is 0.243 e. The molecule has 0 bridgehead atoms. The molecule has 95 heavy (non-hydrogen) atoms. The summed E-state index contributed by atoms with van der Waals surface area (Å²) in [5, 5.41) is 27.5. The zero-order chi connectivity index (χ0) is 67.4. The molecule has 7 N–H and O–H groups in total. The second kappa shape index (κ2) is 34.1. The van der Waals surface area contributed by atoms with Gasteiger partial charge in [-0.1, -0.05) is 111 Å². The molecule has 24 heteroatoms. The molecule has 10 atom stereocenters. The number of carbonyl (C=O) groups excluding carboxylic acids is 9. The van der Waals surface area contributed by atoms with Crippen LogP contribution in [0.1, 0.15) is 101 Å². The number of hydrogen-bond acceptors (Lipinski definition) is 17. The minimum atomic E-state index is -1.40. The number of nitrogens with one attached hydrogen (secondary N) is 6. The van der Waals surface area contributed by atoms with Crippen LogP contribution in [0, 0.1) is 40.4 Å². The quantitative estimate of drug-likeness (QED) is 0.0253. The van der Waals surface area contributed by atoms with Crippen molar-refractivity contribution >= 4 is 58.6 Å². The predicted molar refractivity (Wildman–Crippen MR) is 346 cm³/mol. The number of aliphatic hydroxyl groups is 1. The van der Waals surface area contributed by atoms with Crippen molar-refractivity contribution in [3.63, 3.8) is 0 Å². The van der Waals surface area contributed by atoms with E-state index in [0.29, 0.717) is 57.8 Å². The van der Waals surface area contributed by atoms with E-state index in [1.165, 1.54) is 0 Å². The van der Waals surface area contributed by atoms with Gasteiger partial charge in [0.1, 0.15) is 19.4 Å².